The highest BCUT2D eigenvalue weighted by Crippen LogP contribution is 2.28. The first-order valence-corrected chi connectivity index (χ1v) is 8.24. The van der Waals surface area contributed by atoms with Crippen LogP contribution in [0.2, 0.25) is 0 Å². The van der Waals surface area contributed by atoms with Crippen LogP contribution in [0.1, 0.15) is 23.0 Å². The minimum atomic E-state index is -0.915. The molecule has 2 heterocycles. The Morgan fingerprint density at radius 2 is 1.68 bits per heavy atom. The van der Waals surface area contributed by atoms with Gasteiger partial charge in [0.25, 0.3) is 0 Å². The lowest BCUT2D eigenvalue weighted by Crippen LogP contribution is -2.47. The number of carbonyl (C=O) groups is 1. The van der Waals surface area contributed by atoms with E-state index in [-0.39, 0.29) is 5.95 Å². The summed E-state index contributed by atoms with van der Waals surface area (Å²) in [7, 11) is 0. The van der Waals surface area contributed by atoms with E-state index in [1.807, 2.05) is 19.1 Å². The van der Waals surface area contributed by atoms with E-state index in [2.05, 4.69) is 19.8 Å². The van der Waals surface area contributed by atoms with Gasteiger partial charge in [0, 0.05) is 31.9 Å². The van der Waals surface area contributed by atoms with Gasteiger partial charge >= 0.3 is 5.97 Å². The van der Waals surface area contributed by atoms with Crippen LogP contribution in [0.25, 0.3) is 0 Å². The molecule has 2 aromatic rings. The summed E-state index contributed by atoms with van der Waals surface area (Å²) in [6.07, 6.45) is 0.739. The number of aromatic nitrogens is 2. The third kappa shape index (κ3) is 3.42. The van der Waals surface area contributed by atoms with E-state index in [1.54, 1.807) is 12.1 Å². The fraction of sp³-hybridized carbons (Fsp3) is 0.353. The fourth-order valence-corrected chi connectivity index (χ4v) is 3.13. The van der Waals surface area contributed by atoms with Crippen molar-refractivity contribution in [1.82, 2.24) is 9.97 Å². The number of nitrogen functional groups attached to an aromatic ring is 2. The molecule has 0 aliphatic carbocycles. The Kier molecular flexibility index (Phi) is 4.60. The van der Waals surface area contributed by atoms with Crippen LogP contribution in [-0.4, -0.2) is 47.2 Å². The van der Waals surface area contributed by atoms with Crippen molar-refractivity contribution in [3.8, 4) is 0 Å². The van der Waals surface area contributed by atoms with Gasteiger partial charge in [-0.15, -0.1) is 0 Å². The molecule has 132 valence electrons. The first kappa shape index (κ1) is 16.8. The zero-order valence-corrected chi connectivity index (χ0v) is 14.1. The predicted octanol–water partition coefficient (Wildman–Crippen LogP) is 1.23. The Morgan fingerprint density at radius 1 is 1.08 bits per heavy atom. The number of carboxylic acids is 1. The van der Waals surface area contributed by atoms with Crippen LogP contribution in [0.5, 0.6) is 0 Å². The van der Waals surface area contributed by atoms with E-state index in [4.69, 9.17) is 16.6 Å². The minimum absolute atomic E-state index is 0.204. The van der Waals surface area contributed by atoms with Crippen molar-refractivity contribution in [1.29, 1.82) is 0 Å². The molecule has 1 aromatic carbocycles. The highest BCUT2D eigenvalue weighted by atomic mass is 16.4. The Labute approximate surface area is 146 Å². The summed E-state index contributed by atoms with van der Waals surface area (Å²) < 4.78 is 0. The highest BCUT2D eigenvalue weighted by molar-refractivity contribution is 5.88. The van der Waals surface area contributed by atoms with Crippen LogP contribution < -0.4 is 21.3 Å². The summed E-state index contributed by atoms with van der Waals surface area (Å²) in [6, 6.07) is 6.95. The number of nitrogens with two attached hydrogens (primary N) is 2. The highest BCUT2D eigenvalue weighted by Gasteiger charge is 2.23. The average Bonchev–Trinajstić information content (AvgIpc) is 2.61. The maximum atomic E-state index is 11.0. The number of aryl methyl sites for hydroxylation is 1. The lowest BCUT2D eigenvalue weighted by Gasteiger charge is -2.38. The van der Waals surface area contributed by atoms with Gasteiger partial charge in [0.05, 0.1) is 11.3 Å². The first-order chi connectivity index (χ1) is 12.0. The third-order valence-corrected chi connectivity index (χ3v) is 4.41. The zero-order valence-electron chi connectivity index (χ0n) is 14.1. The van der Waals surface area contributed by atoms with E-state index >= 15 is 0 Å². The van der Waals surface area contributed by atoms with E-state index in [0.29, 0.717) is 11.4 Å². The molecule has 1 aliphatic heterocycles. The molecule has 0 unspecified atom stereocenters. The Morgan fingerprint density at radius 3 is 2.24 bits per heavy atom. The molecule has 0 radical (unpaired) electrons. The molecule has 5 N–H and O–H groups in total. The second kappa shape index (κ2) is 6.84. The maximum absolute atomic E-state index is 11.0. The van der Waals surface area contributed by atoms with Crippen LogP contribution in [0.4, 0.5) is 23.1 Å². The number of hydrogen-bond donors (Lipinski definition) is 3. The molecule has 1 saturated heterocycles. The summed E-state index contributed by atoms with van der Waals surface area (Å²) in [6.45, 7) is 5.19. The molecule has 0 saturated carbocycles. The number of nitrogens with zero attached hydrogens (tertiary/aromatic N) is 4. The van der Waals surface area contributed by atoms with Gasteiger partial charge in [-0.25, -0.2) is 9.78 Å². The number of carboxylic acid groups (broad SMARTS) is 1. The first-order valence-electron chi connectivity index (χ1n) is 8.24. The van der Waals surface area contributed by atoms with Crippen LogP contribution in [-0.2, 0) is 6.42 Å². The smallest absolute Gasteiger partial charge is 0.335 e. The van der Waals surface area contributed by atoms with Crippen molar-refractivity contribution in [2.24, 2.45) is 0 Å². The average molecular weight is 342 g/mol. The molecular formula is C17H22N6O2. The predicted molar refractivity (Wildman–Crippen MR) is 98.1 cm³/mol. The van der Waals surface area contributed by atoms with Crippen LogP contribution in [0, 0.1) is 0 Å². The molecule has 1 aliphatic rings. The van der Waals surface area contributed by atoms with Crippen LogP contribution in [0.15, 0.2) is 24.3 Å². The molecule has 8 heteroatoms. The van der Waals surface area contributed by atoms with Gasteiger partial charge < -0.3 is 26.4 Å². The summed E-state index contributed by atoms with van der Waals surface area (Å²) in [4.78, 5) is 23.8. The molecule has 0 spiro atoms. The van der Waals surface area contributed by atoms with E-state index in [1.165, 1.54) is 0 Å². The van der Waals surface area contributed by atoms with Crippen molar-refractivity contribution < 1.29 is 9.90 Å². The molecule has 1 fully saturated rings. The summed E-state index contributed by atoms with van der Waals surface area (Å²) in [5, 5.41) is 8.99. The summed E-state index contributed by atoms with van der Waals surface area (Å²) in [5.74, 6) is -0.291. The van der Waals surface area contributed by atoms with E-state index in [9.17, 15) is 4.79 Å². The monoisotopic (exact) mass is 342 g/mol. The number of benzene rings is 1. The van der Waals surface area contributed by atoms with Crippen molar-refractivity contribution in [2.75, 3.05) is 47.4 Å². The fourth-order valence-electron chi connectivity index (χ4n) is 3.13. The molecule has 3 rings (SSSR count). The lowest BCUT2D eigenvalue weighted by atomic mass is 10.1. The van der Waals surface area contributed by atoms with Gasteiger partial charge in [0.1, 0.15) is 5.69 Å². The molecule has 8 nitrogen and oxygen atoms in total. The summed E-state index contributed by atoms with van der Waals surface area (Å²) >= 11 is 0. The second-order valence-electron chi connectivity index (χ2n) is 5.94. The van der Waals surface area contributed by atoms with Crippen molar-refractivity contribution in [2.45, 2.75) is 13.3 Å². The third-order valence-electron chi connectivity index (χ3n) is 4.41. The minimum Gasteiger partial charge on any atom is -0.478 e. The van der Waals surface area contributed by atoms with E-state index < -0.39 is 5.97 Å². The van der Waals surface area contributed by atoms with Gasteiger partial charge in [-0.3, -0.25) is 0 Å². The number of anilines is 4. The van der Waals surface area contributed by atoms with E-state index in [0.717, 1.165) is 49.7 Å². The number of hydrogen-bond acceptors (Lipinski definition) is 7. The summed E-state index contributed by atoms with van der Waals surface area (Å²) in [5.41, 5.74) is 14.8. The standard InChI is InChI=1S/C17H22N6O2/c1-2-13-14(15(18)21-17(19)20-13)23-9-7-22(8-10-23)12-5-3-11(4-6-12)16(24)25/h3-6H,2,7-10H2,1H3,(H,24,25)(H4,18,19,20,21). The zero-order chi connectivity index (χ0) is 18.0. The Balaban J connectivity index is 1.73. The molecular weight excluding hydrogens is 320 g/mol. The van der Waals surface area contributed by atoms with Crippen LogP contribution >= 0.6 is 0 Å². The number of rotatable bonds is 4. The van der Waals surface area contributed by atoms with Gasteiger partial charge in [-0.2, -0.15) is 4.98 Å². The van der Waals surface area contributed by atoms with Crippen molar-refractivity contribution in [3.63, 3.8) is 0 Å². The quantitative estimate of drug-likeness (QED) is 0.758. The Hall–Kier alpha value is -3.03. The molecule has 0 amide bonds. The molecule has 1 aromatic heterocycles. The maximum Gasteiger partial charge on any atom is 0.335 e. The van der Waals surface area contributed by atoms with Crippen molar-refractivity contribution >= 4 is 29.1 Å². The Bertz CT molecular complexity index is 769. The largest absolute Gasteiger partial charge is 0.478 e. The van der Waals surface area contributed by atoms with Gasteiger partial charge in [0.15, 0.2) is 5.82 Å². The lowest BCUT2D eigenvalue weighted by molar-refractivity contribution is 0.0697. The second-order valence-corrected chi connectivity index (χ2v) is 5.94. The SMILES string of the molecule is CCc1nc(N)nc(N)c1N1CCN(c2ccc(C(=O)O)cc2)CC1. The van der Waals surface area contributed by atoms with Crippen LogP contribution in [0.3, 0.4) is 0 Å². The van der Waals surface area contributed by atoms with Gasteiger partial charge in [-0.1, -0.05) is 6.92 Å². The number of piperazine rings is 1. The van der Waals surface area contributed by atoms with Gasteiger partial charge in [0.2, 0.25) is 5.95 Å². The molecule has 25 heavy (non-hydrogen) atoms. The van der Waals surface area contributed by atoms with Crippen molar-refractivity contribution in [3.05, 3.63) is 35.5 Å². The molecule has 0 bridgehead atoms. The number of aromatic carboxylic acids is 1. The topological polar surface area (TPSA) is 122 Å². The normalized spacial score (nSPS) is 14.6. The molecule has 0 atom stereocenters. The van der Waals surface area contributed by atoms with Gasteiger partial charge in [-0.05, 0) is 30.7 Å².